The highest BCUT2D eigenvalue weighted by molar-refractivity contribution is 5.94. The molecule has 0 bridgehead atoms. The maximum absolute atomic E-state index is 12.9. The van der Waals surface area contributed by atoms with Crippen molar-refractivity contribution in [1.82, 2.24) is 15.3 Å². The molecule has 194 valence electrons. The lowest BCUT2D eigenvalue weighted by Gasteiger charge is -2.11. The maximum atomic E-state index is 12.9. The van der Waals surface area contributed by atoms with Crippen molar-refractivity contribution in [2.24, 2.45) is 11.7 Å². The molecule has 4 N–H and O–H groups in total. The van der Waals surface area contributed by atoms with Crippen LogP contribution in [0.2, 0.25) is 0 Å². The van der Waals surface area contributed by atoms with E-state index in [1.54, 1.807) is 44.4 Å². The van der Waals surface area contributed by atoms with E-state index in [-0.39, 0.29) is 54.4 Å². The van der Waals surface area contributed by atoms with Crippen LogP contribution in [0.5, 0.6) is 11.5 Å². The minimum Gasteiger partial charge on any atom is -0.493 e. The summed E-state index contributed by atoms with van der Waals surface area (Å²) >= 11 is 0. The van der Waals surface area contributed by atoms with Gasteiger partial charge in [-0.05, 0) is 56.0 Å². The van der Waals surface area contributed by atoms with Crippen LogP contribution in [0.25, 0.3) is 11.5 Å². The summed E-state index contributed by atoms with van der Waals surface area (Å²) in [7, 11) is 1.57. The summed E-state index contributed by atoms with van der Waals surface area (Å²) in [5.74, 6) is 0.538. The van der Waals surface area contributed by atoms with Crippen molar-refractivity contribution in [1.29, 1.82) is 0 Å². The lowest BCUT2D eigenvalue weighted by Crippen LogP contribution is -2.26. The monoisotopic (exact) mass is 538 g/mol. The molecule has 1 aliphatic carbocycles. The number of rotatable bonds is 10. The number of pyridine rings is 1. The zero-order valence-electron chi connectivity index (χ0n) is 19.7. The first kappa shape index (κ1) is 28.9. The van der Waals surface area contributed by atoms with Gasteiger partial charge in [-0.25, -0.2) is 14.8 Å². The number of aromatic nitrogens is 2. The number of benzene rings is 1. The molecule has 0 radical (unpaired) electrons. The van der Waals surface area contributed by atoms with Gasteiger partial charge in [0.2, 0.25) is 5.89 Å². The van der Waals surface area contributed by atoms with E-state index in [1.807, 2.05) is 0 Å². The minimum atomic E-state index is -1.14. The third kappa shape index (κ3) is 6.87. The summed E-state index contributed by atoms with van der Waals surface area (Å²) in [4.78, 5) is 32.4. The van der Waals surface area contributed by atoms with Crippen LogP contribution in [0, 0.1) is 5.92 Å². The highest BCUT2D eigenvalue weighted by Gasteiger charge is 2.25. The van der Waals surface area contributed by atoms with Gasteiger partial charge in [0.25, 0.3) is 5.91 Å². The largest absolute Gasteiger partial charge is 0.493 e. The number of carbonyl (C=O) groups is 2. The Bertz CT molecular complexity index is 1210. The Morgan fingerprint density at radius 2 is 1.94 bits per heavy atom. The summed E-state index contributed by atoms with van der Waals surface area (Å²) in [6, 6.07) is 9.26. The molecule has 1 aliphatic rings. The van der Waals surface area contributed by atoms with Gasteiger partial charge in [-0.2, -0.15) is 0 Å². The van der Waals surface area contributed by atoms with E-state index >= 15 is 0 Å². The quantitative estimate of drug-likeness (QED) is 0.347. The van der Waals surface area contributed by atoms with Gasteiger partial charge >= 0.3 is 5.97 Å². The fraction of sp³-hybridized carbons (Fsp3) is 0.333. The van der Waals surface area contributed by atoms with Gasteiger partial charge < -0.3 is 30.0 Å². The lowest BCUT2D eigenvalue weighted by atomic mass is 10.2. The number of nitrogens with two attached hydrogens (primary N) is 1. The number of nitrogens with zero attached hydrogens (tertiary/aromatic N) is 2. The number of aromatic carboxylic acids is 1. The third-order valence-electron chi connectivity index (χ3n) is 5.32. The highest BCUT2D eigenvalue weighted by Crippen LogP contribution is 2.36. The number of carboxylic acid groups (broad SMARTS) is 1. The number of nitrogens with one attached hydrogen (secondary N) is 1. The van der Waals surface area contributed by atoms with Crippen LogP contribution < -0.4 is 20.5 Å². The van der Waals surface area contributed by atoms with Crippen molar-refractivity contribution in [3.8, 4) is 23.0 Å². The molecular weight excluding hydrogens is 511 g/mol. The van der Waals surface area contributed by atoms with Crippen LogP contribution in [0.4, 0.5) is 0 Å². The second-order valence-electron chi connectivity index (χ2n) is 8.14. The Labute approximate surface area is 220 Å². The summed E-state index contributed by atoms with van der Waals surface area (Å²) < 4.78 is 17.2. The molecule has 36 heavy (non-hydrogen) atoms. The number of hydrogen-bond donors (Lipinski definition) is 3. The van der Waals surface area contributed by atoms with E-state index in [1.165, 1.54) is 6.07 Å². The lowest BCUT2D eigenvalue weighted by molar-refractivity contribution is 0.0690. The van der Waals surface area contributed by atoms with Crippen LogP contribution in [-0.2, 0) is 6.54 Å². The zero-order valence-corrected chi connectivity index (χ0v) is 21.4. The minimum absolute atomic E-state index is 0. The fourth-order valence-electron chi connectivity index (χ4n) is 3.29. The molecule has 2 heterocycles. The Morgan fingerprint density at radius 1 is 1.19 bits per heavy atom. The summed E-state index contributed by atoms with van der Waals surface area (Å²) in [6.07, 6.45) is 2.32. The summed E-state index contributed by atoms with van der Waals surface area (Å²) in [5, 5.41) is 11.8. The molecule has 12 heteroatoms. The first-order chi connectivity index (χ1) is 16.4. The molecule has 1 saturated carbocycles. The van der Waals surface area contributed by atoms with Crippen molar-refractivity contribution in [2.75, 3.05) is 13.7 Å². The maximum Gasteiger partial charge on any atom is 0.354 e. The number of ether oxygens (including phenoxy) is 2. The average Bonchev–Trinajstić information content (AvgIpc) is 3.56. The Hall–Kier alpha value is -3.34. The molecule has 10 nitrogen and oxygen atoms in total. The van der Waals surface area contributed by atoms with Crippen LogP contribution >= 0.6 is 24.8 Å². The molecule has 1 fully saturated rings. The van der Waals surface area contributed by atoms with E-state index < -0.39 is 17.9 Å². The molecule has 1 aromatic carbocycles. The molecule has 0 spiro atoms. The highest BCUT2D eigenvalue weighted by atomic mass is 35.5. The van der Waals surface area contributed by atoms with Crippen LogP contribution in [0.1, 0.15) is 58.2 Å². The number of oxazole rings is 1. The predicted molar refractivity (Wildman–Crippen MR) is 136 cm³/mol. The van der Waals surface area contributed by atoms with Gasteiger partial charge in [0.1, 0.15) is 5.69 Å². The molecule has 3 aromatic rings. The summed E-state index contributed by atoms with van der Waals surface area (Å²) in [5.41, 5.74) is 6.99. The molecule has 1 amide bonds. The Kier molecular flexibility index (Phi) is 10.1. The number of hydrogen-bond acceptors (Lipinski definition) is 8. The van der Waals surface area contributed by atoms with Crippen molar-refractivity contribution >= 4 is 36.7 Å². The fourth-order valence-corrected chi connectivity index (χ4v) is 3.29. The second-order valence-corrected chi connectivity index (χ2v) is 8.14. The van der Waals surface area contributed by atoms with Crippen molar-refractivity contribution in [2.45, 2.75) is 32.4 Å². The number of carboxylic acids is 1. The number of carbonyl (C=O) groups excluding carboxylic acids is 1. The van der Waals surface area contributed by atoms with E-state index in [2.05, 4.69) is 15.3 Å². The number of amides is 1. The normalized spacial score (nSPS) is 13.1. The Morgan fingerprint density at radius 3 is 2.58 bits per heavy atom. The smallest absolute Gasteiger partial charge is 0.354 e. The topological polar surface area (TPSA) is 150 Å². The first-order valence-corrected chi connectivity index (χ1v) is 10.9. The molecule has 0 saturated heterocycles. The molecule has 2 aromatic heterocycles. The molecule has 0 aliphatic heterocycles. The van der Waals surface area contributed by atoms with Gasteiger partial charge in [0.05, 0.1) is 32.0 Å². The van der Waals surface area contributed by atoms with E-state index in [0.717, 1.165) is 12.8 Å². The first-order valence-electron chi connectivity index (χ1n) is 10.9. The van der Waals surface area contributed by atoms with Crippen molar-refractivity contribution < 1.29 is 28.6 Å². The standard InChI is InChI=1S/C24H26N4O6.2ClH/c1-13(25)21-20(22(29)26-11-16-4-3-5-17(27-16)24(30)31)28-23(34-21)15-8-9-18(32-2)19(10-15)33-12-14-6-7-14;;/h3-5,8-10,13-14H,6-7,11-12,25H2,1-2H3,(H,26,29)(H,30,31);2*1H/t13-;;/m0../s1. The van der Waals surface area contributed by atoms with Crippen LogP contribution in [0.15, 0.2) is 40.8 Å². The number of halogens is 2. The average molecular weight is 539 g/mol. The van der Waals surface area contributed by atoms with Crippen LogP contribution in [0.3, 0.4) is 0 Å². The molecule has 0 unspecified atom stereocenters. The predicted octanol–water partition coefficient (Wildman–Crippen LogP) is 4.03. The third-order valence-corrected chi connectivity index (χ3v) is 5.32. The van der Waals surface area contributed by atoms with Crippen molar-refractivity contribution in [3.63, 3.8) is 0 Å². The van der Waals surface area contributed by atoms with Crippen molar-refractivity contribution in [3.05, 3.63) is 59.2 Å². The van der Waals surface area contributed by atoms with Gasteiger partial charge in [-0.1, -0.05) is 6.07 Å². The van der Waals surface area contributed by atoms with E-state index in [9.17, 15) is 9.59 Å². The molecular formula is C24H28Cl2N4O6. The van der Waals surface area contributed by atoms with Gasteiger partial charge in [-0.3, -0.25) is 4.79 Å². The van der Waals surface area contributed by atoms with Crippen LogP contribution in [-0.4, -0.2) is 40.7 Å². The SMILES string of the molecule is COc1ccc(-c2nc(C(=O)NCc3cccc(C(=O)O)n3)c([C@H](C)N)o2)cc1OCC1CC1.Cl.Cl. The second kappa shape index (κ2) is 12.6. The zero-order chi connectivity index (χ0) is 24.2. The summed E-state index contributed by atoms with van der Waals surface area (Å²) in [6.45, 7) is 2.32. The van der Waals surface area contributed by atoms with Gasteiger partial charge in [-0.15, -0.1) is 24.8 Å². The Balaban J connectivity index is 0.00000228. The molecule has 1 atom stereocenters. The van der Waals surface area contributed by atoms with Gasteiger partial charge in [0, 0.05) is 5.56 Å². The van der Waals surface area contributed by atoms with Gasteiger partial charge in [0.15, 0.2) is 23.0 Å². The van der Waals surface area contributed by atoms with E-state index in [0.29, 0.717) is 35.3 Å². The number of methoxy groups -OCH3 is 1. The molecule has 4 rings (SSSR count). The van der Waals surface area contributed by atoms with E-state index in [4.69, 9.17) is 24.7 Å².